The zero-order valence-electron chi connectivity index (χ0n) is 8.56. The summed E-state index contributed by atoms with van der Waals surface area (Å²) >= 11 is 0. The van der Waals surface area contributed by atoms with E-state index in [0.29, 0.717) is 0 Å². The molecule has 1 aromatic heterocycles. The lowest BCUT2D eigenvalue weighted by molar-refractivity contribution is -0.1000. The molecule has 2 rings (SSSR count). The Morgan fingerprint density at radius 3 is 2.79 bits per heavy atom. The van der Waals surface area contributed by atoms with E-state index in [0.717, 1.165) is 32.6 Å². The van der Waals surface area contributed by atoms with Crippen molar-refractivity contribution in [1.29, 1.82) is 0 Å². The summed E-state index contributed by atoms with van der Waals surface area (Å²) in [4.78, 5) is 6.25. The number of hydrogen-bond donors (Lipinski definition) is 1. The minimum atomic E-state index is -0.408. The smallest absolute Gasteiger partial charge is 0.0946 e. The first-order valence-corrected chi connectivity index (χ1v) is 5.12. The van der Waals surface area contributed by atoms with Crippen LogP contribution in [0.4, 0.5) is 0 Å². The maximum Gasteiger partial charge on any atom is 0.0946 e. The summed E-state index contributed by atoms with van der Waals surface area (Å²) in [5.41, 5.74) is -0.408. The predicted molar refractivity (Wildman–Crippen MR) is 53.9 cm³/mol. The van der Waals surface area contributed by atoms with Crippen molar-refractivity contribution >= 4 is 0 Å². The number of imidazole rings is 1. The van der Waals surface area contributed by atoms with Gasteiger partial charge in [0.2, 0.25) is 0 Å². The number of hydrogen-bond acceptors (Lipinski definition) is 3. The minimum Gasteiger partial charge on any atom is -0.387 e. The van der Waals surface area contributed by atoms with Gasteiger partial charge in [0.25, 0.3) is 0 Å². The van der Waals surface area contributed by atoms with Crippen molar-refractivity contribution in [2.75, 3.05) is 19.6 Å². The number of nitrogens with zero attached hydrogens (tertiary/aromatic N) is 3. The van der Waals surface area contributed by atoms with Gasteiger partial charge in [0.15, 0.2) is 0 Å². The Balaban J connectivity index is 1.70. The Hall–Kier alpha value is -0.870. The van der Waals surface area contributed by atoms with Gasteiger partial charge >= 0.3 is 0 Å². The molecule has 1 aromatic rings. The maximum atomic E-state index is 9.79. The van der Waals surface area contributed by atoms with Crippen LogP contribution in [0, 0.1) is 0 Å². The van der Waals surface area contributed by atoms with Gasteiger partial charge in [-0.1, -0.05) is 6.92 Å². The van der Waals surface area contributed by atoms with Gasteiger partial charge in [-0.2, -0.15) is 0 Å². The molecule has 0 aromatic carbocycles. The molecule has 0 atom stereocenters. The summed E-state index contributed by atoms with van der Waals surface area (Å²) in [7, 11) is 0. The van der Waals surface area contributed by atoms with Crippen LogP contribution in [-0.2, 0) is 6.54 Å². The molecule has 0 saturated carbocycles. The van der Waals surface area contributed by atoms with E-state index in [2.05, 4.69) is 14.5 Å². The average molecular weight is 195 g/mol. The first-order valence-electron chi connectivity index (χ1n) is 5.12. The van der Waals surface area contributed by atoms with Crippen LogP contribution >= 0.6 is 0 Å². The van der Waals surface area contributed by atoms with Gasteiger partial charge in [-0.15, -0.1) is 0 Å². The highest BCUT2D eigenvalue weighted by atomic mass is 16.3. The zero-order chi connectivity index (χ0) is 10.0. The minimum absolute atomic E-state index is 0.408. The molecule has 1 fully saturated rings. The van der Waals surface area contributed by atoms with E-state index in [1.54, 1.807) is 6.20 Å². The summed E-state index contributed by atoms with van der Waals surface area (Å²) in [6.45, 7) is 5.63. The highest BCUT2D eigenvalue weighted by molar-refractivity contribution is 4.94. The van der Waals surface area contributed by atoms with Crippen LogP contribution in [0.2, 0.25) is 0 Å². The van der Waals surface area contributed by atoms with E-state index in [1.807, 2.05) is 19.4 Å². The molecule has 14 heavy (non-hydrogen) atoms. The van der Waals surface area contributed by atoms with Gasteiger partial charge in [-0.25, -0.2) is 4.98 Å². The summed E-state index contributed by atoms with van der Waals surface area (Å²) in [5.74, 6) is 0. The average Bonchev–Trinajstić information content (AvgIpc) is 2.63. The van der Waals surface area contributed by atoms with E-state index in [9.17, 15) is 5.11 Å². The Bertz CT molecular complexity index is 278. The van der Waals surface area contributed by atoms with Crippen LogP contribution < -0.4 is 0 Å². The fraction of sp³-hybridized carbons (Fsp3) is 0.700. The Morgan fingerprint density at radius 2 is 2.21 bits per heavy atom. The molecule has 1 N–H and O–H groups in total. The van der Waals surface area contributed by atoms with Crippen LogP contribution in [0.25, 0.3) is 0 Å². The molecule has 0 spiro atoms. The number of rotatable bonds is 4. The molecule has 78 valence electrons. The van der Waals surface area contributed by atoms with Crippen molar-refractivity contribution in [1.82, 2.24) is 14.5 Å². The van der Waals surface area contributed by atoms with Gasteiger partial charge in [0.1, 0.15) is 0 Å². The van der Waals surface area contributed by atoms with Crippen molar-refractivity contribution in [3.8, 4) is 0 Å². The second-order valence-corrected chi connectivity index (χ2v) is 4.09. The van der Waals surface area contributed by atoms with E-state index in [4.69, 9.17) is 0 Å². The second-order valence-electron chi connectivity index (χ2n) is 4.09. The Labute approximate surface area is 84.2 Å². The molecule has 1 aliphatic heterocycles. The summed E-state index contributed by atoms with van der Waals surface area (Å²) < 4.78 is 2.06. The molecular weight excluding hydrogens is 178 g/mol. The van der Waals surface area contributed by atoms with Crippen LogP contribution in [0.3, 0.4) is 0 Å². The van der Waals surface area contributed by atoms with Crippen molar-refractivity contribution in [2.45, 2.75) is 25.5 Å². The molecule has 1 saturated heterocycles. The molecular formula is C10H17N3O. The van der Waals surface area contributed by atoms with Gasteiger partial charge in [-0.05, 0) is 6.42 Å². The van der Waals surface area contributed by atoms with Gasteiger partial charge in [-0.3, -0.25) is 4.90 Å². The SMILES string of the molecule is CCC1(O)CN(CCn2ccnc2)C1. The lowest BCUT2D eigenvalue weighted by Crippen LogP contribution is -2.61. The lowest BCUT2D eigenvalue weighted by Gasteiger charge is -2.46. The maximum absolute atomic E-state index is 9.79. The van der Waals surface area contributed by atoms with Crippen LogP contribution in [0.1, 0.15) is 13.3 Å². The molecule has 1 aliphatic rings. The van der Waals surface area contributed by atoms with E-state index >= 15 is 0 Å². The highest BCUT2D eigenvalue weighted by Crippen LogP contribution is 2.23. The third-order valence-corrected chi connectivity index (χ3v) is 2.93. The molecule has 0 aliphatic carbocycles. The quantitative estimate of drug-likeness (QED) is 0.753. The first-order chi connectivity index (χ1) is 6.72. The molecule has 4 nitrogen and oxygen atoms in total. The topological polar surface area (TPSA) is 41.3 Å². The van der Waals surface area contributed by atoms with Gasteiger partial charge < -0.3 is 9.67 Å². The Morgan fingerprint density at radius 1 is 1.43 bits per heavy atom. The molecule has 0 unspecified atom stereocenters. The van der Waals surface area contributed by atoms with Gasteiger partial charge in [0, 0.05) is 38.6 Å². The lowest BCUT2D eigenvalue weighted by atomic mass is 9.91. The fourth-order valence-corrected chi connectivity index (χ4v) is 1.84. The second kappa shape index (κ2) is 3.71. The Kier molecular flexibility index (Phi) is 2.56. The molecule has 2 heterocycles. The zero-order valence-corrected chi connectivity index (χ0v) is 8.56. The van der Waals surface area contributed by atoms with E-state index in [1.165, 1.54) is 0 Å². The number of aromatic nitrogens is 2. The highest BCUT2D eigenvalue weighted by Gasteiger charge is 2.38. The number of aliphatic hydroxyl groups is 1. The summed E-state index contributed by atoms with van der Waals surface area (Å²) in [6.07, 6.45) is 6.44. The van der Waals surface area contributed by atoms with Crippen molar-refractivity contribution < 1.29 is 5.11 Å². The van der Waals surface area contributed by atoms with Crippen LogP contribution in [0.5, 0.6) is 0 Å². The first kappa shape index (κ1) is 9.68. The van der Waals surface area contributed by atoms with E-state index < -0.39 is 5.60 Å². The molecule has 0 bridgehead atoms. The predicted octanol–water partition coefficient (Wildman–Crippen LogP) is 0.340. The normalized spacial score (nSPS) is 20.7. The van der Waals surface area contributed by atoms with Crippen LogP contribution in [0.15, 0.2) is 18.7 Å². The van der Waals surface area contributed by atoms with E-state index in [-0.39, 0.29) is 0 Å². The number of likely N-dealkylation sites (tertiary alicyclic amines) is 1. The molecule has 0 amide bonds. The number of β-amino-alcohol motifs (C(OH)–C–C–N with tert-alkyl or cyclic N) is 1. The van der Waals surface area contributed by atoms with Crippen LogP contribution in [-0.4, -0.2) is 44.8 Å². The summed E-state index contributed by atoms with van der Waals surface area (Å²) in [6, 6.07) is 0. The third-order valence-electron chi connectivity index (χ3n) is 2.93. The van der Waals surface area contributed by atoms with Crippen molar-refractivity contribution in [3.63, 3.8) is 0 Å². The monoisotopic (exact) mass is 195 g/mol. The van der Waals surface area contributed by atoms with Gasteiger partial charge in [0.05, 0.1) is 11.9 Å². The molecule has 4 heteroatoms. The molecule has 0 radical (unpaired) electrons. The fourth-order valence-electron chi connectivity index (χ4n) is 1.84. The van der Waals surface area contributed by atoms with Crippen molar-refractivity contribution in [2.24, 2.45) is 0 Å². The standard InChI is InChI=1S/C10H17N3O/c1-2-10(14)7-13(8-10)6-5-12-4-3-11-9-12/h3-4,9,14H,2,5-8H2,1H3. The summed E-state index contributed by atoms with van der Waals surface area (Å²) in [5, 5.41) is 9.79. The van der Waals surface area contributed by atoms with Crippen molar-refractivity contribution in [3.05, 3.63) is 18.7 Å². The third kappa shape index (κ3) is 1.96. The largest absolute Gasteiger partial charge is 0.387 e.